The Labute approximate surface area is 108 Å². The molecule has 1 atom stereocenters. The Kier molecular flexibility index (Phi) is 2.51. The van der Waals surface area contributed by atoms with Gasteiger partial charge in [0.2, 0.25) is 0 Å². The summed E-state index contributed by atoms with van der Waals surface area (Å²) in [5.74, 6) is -0.628. The van der Waals surface area contributed by atoms with Crippen LogP contribution < -0.4 is 11.0 Å². The van der Waals surface area contributed by atoms with Gasteiger partial charge in [0, 0.05) is 20.0 Å². The van der Waals surface area contributed by atoms with Crippen molar-refractivity contribution in [3.05, 3.63) is 34.7 Å². The highest BCUT2D eigenvalue weighted by Gasteiger charge is 2.34. The zero-order valence-electron chi connectivity index (χ0n) is 10.4. The molecular weight excluding hydrogens is 246 g/mol. The second kappa shape index (κ2) is 4.08. The molecule has 1 aromatic heterocycles. The summed E-state index contributed by atoms with van der Waals surface area (Å²) < 4.78 is 2.73. The summed E-state index contributed by atoms with van der Waals surface area (Å²) in [6.07, 6.45) is 0.256. The van der Waals surface area contributed by atoms with Crippen molar-refractivity contribution in [3.8, 4) is 0 Å². The van der Waals surface area contributed by atoms with Gasteiger partial charge in [-0.15, -0.1) is 0 Å². The number of benzene rings is 1. The maximum atomic E-state index is 12.3. The van der Waals surface area contributed by atoms with Crippen LogP contribution in [0.2, 0.25) is 0 Å². The Morgan fingerprint density at radius 1 is 1.16 bits per heavy atom. The molecule has 3 rings (SSSR count). The number of aryl methyl sites for hydroxylation is 1. The van der Waals surface area contributed by atoms with Gasteiger partial charge < -0.3 is 5.32 Å². The summed E-state index contributed by atoms with van der Waals surface area (Å²) in [4.78, 5) is 36.2. The molecule has 1 unspecified atom stereocenters. The summed E-state index contributed by atoms with van der Waals surface area (Å²) in [5, 5.41) is 2.63. The normalized spacial score (nSPS) is 19.7. The Morgan fingerprint density at radius 2 is 1.84 bits per heavy atom. The molecular formula is C13H13N3O3. The van der Waals surface area contributed by atoms with Crippen molar-refractivity contribution in [1.82, 2.24) is 14.5 Å². The minimum atomic E-state index is -1.05. The van der Waals surface area contributed by atoms with E-state index in [1.165, 1.54) is 9.13 Å². The third-order valence-electron chi connectivity index (χ3n) is 3.48. The molecule has 0 bridgehead atoms. The molecule has 1 aromatic carbocycles. The number of piperidine rings is 1. The molecule has 6 nitrogen and oxygen atoms in total. The molecule has 98 valence electrons. The van der Waals surface area contributed by atoms with Crippen LogP contribution in [-0.2, 0) is 16.6 Å². The van der Waals surface area contributed by atoms with Crippen LogP contribution >= 0.6 is 0 Å². The maximum Gasteiger partial charge on any atom is 0.329 e. The Balaban J connectivity index is 2.30. The quantitative estimate of drug-likeness (QED) is 0.731. The van der Waals surface area contributed by atoms with Crippen molar-refractivity contribution in [2.24, 2.45) is 7.05 Å². The van der Waals surface area contributed by atoms with Gasteiger partial charge in [-0.3, -0.25) is 18.7 Å². The van der Waals surface area contributed by atoms with Gasteiger partial charge in [0.1, 0.15) is 0 Å². The summed E-state index contributed by atoms with van der Waals surface area (Å²) in [7, 11) is 1.63. The van der Waals surface area contributed by atoms with E-state index in [2.05, 4.69) is 5.32 Å². The molecule has 1 fully saturated rings. The van der Waals surface area contributed by atoms with Crippen LogP contribution in [0, 0.1) is 0 Å². The third kappa shape index (κ3) is 1.60. The SMILES string of the molecule is Cn1c(=O)n(C2C(=O)CCNC2=O)c2ccccc21. The topological polar surface area (TPSA) is 73.1 Å². The fraction of sp³-hybridized carbons (Fsp3) is 0.308. The average Bonchev–Trinajstić information content (AvgIpc) is 2.64. The smallest absolute Gasteiger partial charge is 0.329 e. The van der Waals surface area contributed by atoms with E-state index in [9.17, 15) is 14.4 Å². The van der Waals surface area contributed by atoms with Crippen LogP contribution in [-0.4, -0.2) is 27.4 Å². The second-order valence-electron chi connectivity index (χ2n) is 4.61. The molecule has 1 aliphatic heterocycles. The number of aromatic nitrogens is 2. The summed E-state index contributed by atoms with van der Waals surface area (Å²) >= 11 is 0. The zero-order valence-corrected chi connectivity index (χ0v) is 10.4. The third-order valence-corrected chi connectivity index (χ3v) is 3.48. The first-order valence-electron chi connectivity index (χ1n) is 6.07. The van der Waals surface area contributed by atoms with Crippen LogP contribution in [0.15, 0.2) is 29.1 Å². The van der Waals surface area contributed by atoms with Crippen LogP contribution in [0.25, 0.3) is 11.0 Å². The highest BCUT2D eigenvalue weighted by Crippen LogP contribution is 2.19. The number of rotatable bonds is 1. The van der Waals surface area contributed by atoms with Crippen LogP contribution in [0.4, 0.5) is 0 Å². The number of imidazole rings is 1. The fourth-order valence-electron chi connectivity index (χ4n) is 2.52. The number of para-hydroxylation sites is 2. The molecule has 0 saturated carbocycles. The maximum absolute atomic E-state index is 12.3. The van der Waals surface area contributed by atoms with E-state index in [1.54, 1.807) is 25.2 Å². The van der Waals surface area contributed by atoms with E-state index in [0.717, 1.165) is 0 Å². The number of hydrogen-bond donors (Lipinski definition) is 1. The molecule has 2 heterocycles. The first kappa shape index (κ1) is 11.7. The predicted molar refractivity (Wildman–Crippen MR) is 68.8 cm³/mol. The van der Waals surface area contributed by atoms with Gasteiger partial charge in [0.05, 0.1) is 11.0 Å². The number of carbonyl (C=O) groups is 2. The number of hydrogen-bond acceptors (Lipinski definition) is 3. The number of nitrogens with zero attached hydrogens (tertiary/aromatic N) is 2. The van der Waals surface area contributed by atoms with Crippen LogP contribution in [0.5, 0.6) is 0 Å². The van der Waals surface area contributed by atoms with Gasteiger partial charge in [-0.05, 0) is 12.1 Å². The Morgan fingerprint density at radius 3 is 2.53 bits per heavy atom. The molecule has 0 radical (unpaired) electrons. The lowest BCUT2D eigenvalue weighted by molar-refractivity contribution is -0.135. The van der Waals surface area contributed by atoms with Crippen molar-refractivity contribution < 1.29 is 9.59 Å². The van der Waals surface area contributed by atoms with E-state index in [4.69, 9.17) is 0 Å². The fourth-order valence-corrected chi connectivity index (χ4v) is 2.52. The molecule has 0 aliphatic carbocycles. The van der Waals surface area contributed by atoms with Crippen molar-refractivity contribution in [2.75, 3.05) is 6.54 Å². The number of Topliss-reactive ketones (excluding diaryl/α,β-unsaturated/α-hetero) is 1. The average molecular weight is 259 g/mol. The molecule has 19 heavy (non-hydrogen) atoms. The van der Waals surface area contributed by atoms with Gasteiger partial charge in [-0.1, -0.05) is 12.1 Å². The Hall–Kier alpha value is -2.37. The molecule has 6 heteroatoms. The van der Waals surface area contributed by atoms with Gasteiger partial charge in [-0.25, -0.2) is 4.79 Å². The number of carbonyl (C=O) groups excluding carboxylic acids is 2. The Bertz CT molecular complexity index is 725. The summed E-state index contributed by atoms with van der Waals surface area (Å²) in [6, 6.07) is 6.08. The zero-order chi connectivity index (χ0) is 13.6. The molecule has 1 aliphatic rings. The highest BCUT2D eigenvalue weighted by atomic mass is 16.2. The van der Waals surface area contributed by atoms with E-state index >= 15 is 0 Å². The lowest BCUT2D eigenvalue weighted by atomic mass is 10.0. The van der Waals surface area contributed by atoms with E-state index in [-0.39, 0.29) is 17.9 Å². The number of nitrogens with one attached hydrogen (secondary N) is 1. The lowest BCUT2D eigenvalue weighted by Gasteiger charge is -2.21. The molecule has 0 spiro atoms. The van der Waals surface area contributed by atoms with Crippen molar-refractivity contribution in [2.45, 2.75) is 12.5 Å². The molecule has 1 amide bonds. The summed E-state index contributed by atoms with van der Waals surface area (Å²) in [5.41, 5.74) is 0.959. The number of ketones is 1. The van der Waals surface area contributed by atoms with E-state index < -0.39 is 11.9 Å². The van der Waals surface area contributed by atoms with Crippen LogP contribution in [0.1, 0.15) is 12.5 Å². The lowest BCUT2D eigenvalue weighted by Crippen LogP contribution is -2.46. The highest BCUT2D eigenvalue weighted by molar-refractivity contribution is 6.06. The first-order chi connectivity index (χ1) is 9.11. The van der Waals surface area contributed by atoms with Crippen LogP contribution in [0.3, 0.4) is 0 Å². The van der Waals surface area contributed by atoms with Gasteiger partial charge in [0.25, 0.3) is 5.91 Å². The first-order valence-corrected chi connectivity index (χ1v) is 6.07. The van der Waals surface area contributed by atoms with Crippen molar-refractivity contribution in [3.63, 3.8) is 0 Å². The molecule has 1 saturated heterocycles. The molecule has 1 N–H and O–H groups in total. The van der Waals surface area contributed by atoms with Crippen molar-refractivity contribution in [1.29, 1.82) is 0 Å². The second-order valence-corrected chi connectivity index (χ2v) is 4.61. The predicted octanol–water partition coefficient (Wildman–Crippen LogP) is -0.0299. The van der Waals surface area contributed by atoms with E-state index in [0.29, 0.717) is 17.6 Å². The number of amides is 1. The minimum Gasteiger partial charge on any atom is -0.353 e. The number of fused-ring (bicyclic) bond motifs is 1. The minimum absolute atomic E-state index is 0.220. The monoisotopic (exact) mass is 259 g/mol. The van der Waals surface area contributed by atoms with Gasteiger partial charge in [-0.2, -0.15) is 0 Å². The largest absolute Gasteiger partial charge is 0.353 e. The standard InChI is InChI=1S/C13H13N3O3/c1-15-8-4-2-3-5-9(8)16(13(15)19)11-10(17)6-7-14-12(11)18/h2-5,11H,6-7H2,1H3,(H,14,18). The molecule has 2 aromatic rings. The van der Waals surface area contributed by atoms with Crippen molar-refractivity contribution >= 4 is 22.7 Å². The van der Waals surface area contributed by atoms with Gasteiger partial charge in [0.15, 0.2) is 11.8 Å². The summed E-state index contributed by atoms with van der Waals surface area (Å²) in [6.45, 7) is 0.341. The van der Waals surface area contributed by atoms with E-state index in [1.807, 2.05) is 6.07 Å². The van der Waals surface area contributed by atoms with Gasteiger partial charge >= 0.3 is 5.69 Å².